The molecule has 0 aromatic carbocycles. The molecule has 0 fully saturated rings. The molecule has 0 aromatic rings. The average molecular weight is 207 g/mol. The quantitative estimate of drug-likeness (QED) is 0.598. The molecule has 4 heteroatoms. The fraction of sp³-hybridized carbons (Fsp3) is 1.00. The van der Waals surface area contributed by atoms with Gasteiger partial charge in [-0.25, -0.2) is 0 Å². The van der Waals surface area contributed by atoms with Crippen LogP contribution in [0.15, 0.2) is 0 Å². The lowest BCUT2D eigenvalue weighted by molar-refractivity contribution is 0.150. The van der Waals surface area contributed by atoms with Gasteiger partial charge in [-0.05, 0) is 18.9 Å². The van der Waals surface area contributed by atoms with Gasteiger partial charge >= 0.3 is 0 Å². The zero-order valence-electron chi connectivity index (χ0n) is 8.62. The molecule has 2 N–H and O–H groups in total. The summed E-state index contributed by atoms with van der Waals surface area (Å²) in [5.41, 5.74) is 5.43. The van der Waals surface area contributed by atoms with Crippen LogP contribution in [-0.4, -0.2) is 35.5 Å². The Morgan fingerprint density at radius 3 is 2.69 bits per heavy atom. The van der Waals surface area contributed by atoms with E-state index in [4.69, 9.17) is 10.5 Å². The summed E-state index contributed by atoms with van der Waals surface area (Å²) in [6, 6.07) is 0. The summed E-state index contributed by atoms with van der Waals surface area (Å²) in [6.07, 6.45) is 1.02. The van der Waals surface area contributed by atoms with Crippen molar-refractivity contribution >= 4 is 10.8 Å². The number of hydrogen-bond acceptors (Lipinski definition) is 3. The van der Waals surface area contributed by atoms with E-state index in [1.807, 2.05) is 6.92 Å². The third-order valence-corrected chi connectivity index (χ3v) is 3.24. The molecular weight excluding hydrogens is 186 g/mol. The zero-order chi connectivity index (χ0) is 10.1. The molecule has 0 radical (unpaired) electrons. The molecule has 0 rings (SSSR count). The molecule has 0 amide bonds. The minimum absolute atomic E-state index is 0.354. The van der Waals surface area contributed by atoms with Gasteiger partial charge < -0.3 is 10.5 Å². The first-order valence-electron chi connectivity index (χ1n) is 4.83. The third kappa shape index (κ3) is 8.40. The second-order valence-corrected chi connectivity index (χ2v) is 4.89. The highest BCUT2D eigenvalue weighted by molar-refractivity contribution is 7.85. The molecule has 80 valence electrons. The van der Waals surface area contributed by atoms with E-state index in [2.05, 4.69) is 6.92 Å². The predicted molar refractivity (Wildman–Crippen MR) is 57.2 cm³/mol. The molecule has 0 aliphatic carbocycles. The molecule has 0 heterocycles. The van der Waals surface area contributed by atoms with Gasteiger partial charge in [0.2, 0.25) is 0 Å². The van der Waals surface area contributed by atoms with Crippen LogP contribution in [0.25, 0.3) is 0 Å². The highest BCUT2D eigenvalue weighted by Crippen LogP contribution is 1.96. The Bertz CT molecular complexity index is 142. The smallest absolute Gasteiger partial charge is 0.0581 e. The van der Waals surface area contributed by atoms with Gasteiger partial charge in [0.05, 0.1) is 6.61 Å². The summed E-state index contributed by atoms with van der Waals surface area (Å²) < 4.78 is 16.6. The summed E-state index contributed by atoms with van der Waals surface area (Å²) in [4.78, 5) is 0. The SMILES string of the molecule is CCCOCCS(=O)CC(C)CN. The van der Waals surface area contributed by atoms with Gasteiger partial charge in [0, 0.05) is 28.9 Å². The minimum atomic E-state index is -0.758. The van der Waals surface area contributed by atoms with Crippen LogP contribution in [0.1, 0.15) is 20.3 Å². The van der Waals surface area contributed by atoms with E-state index in [0.29, 0.717) is 30.6 Å². The molecule has 13 heavy (non-hydrogen) atoms. The summed E-state index contributed by atoms with van der Waals surface area (Å²) >= 11 is 0. The van der Waals surface area contributed by atoms with Crippen LogP contribution < -0.4 is 5.73 Å². The van der Waals surface area contributed by atoms with Crippen LogP contribution in [0.4, 0.5) is 0 Å². The summed E-state index contributed by atoms with van der Waals surface area (Å²) in [6.45, 7) is 6.07. The Balaban J connectivity index is 3.30. The van der Waals surface area contributed by atoms with Crippen LogP contribution in [0.3, 0.4) is 0 Å². The van der Waals surface area contributed by atoms with Gasteiger partial charge in [0.1, 0.15) is 0 Å². The van der Waals surface area contributed by atoms with E-state index in [-0.39, 0.29) is 0 Å². The molecule has 0 spiro atoms. The van der Waals surface area contributed by atoms with Crippen molar-refractivity contribution < 1.29 is 8.95 Å². The van der Waals surface area contributed by atoms with Crippen molar-refractivity contribution in [3.63, 3.8) is 0 Å². The third-order valence-electron chi connectivity index (χ3n) is 1.68. The molecule has 0 aromatic heterocycles. The van der Waals surface area contributed by atoms with Crippen molar-refractivity contribution in [3.05, 3.63) is 0 Å². The van der Waals surface area contributed by atoms with Crippen LogP contribution >= 0.6 is 0 Å². The van der Waals surface area contributed by atoms with E-state index < -0.39 is 10.8 Å². The first-order valence-corrected chi connectivity index (χ1v) is 6.32. The maximum Gasteiger partial charge on any atom is 0.0581 e. The summed E-state index contributed by atoms with van der Waals surface area (Å²) in [7, 11) is -0.758. The van der Waals surface area contributed by atoms with Gasteiger partial charge in [0.15, 0.2) is 0 Å². The first-order chi connectivity index (χ1) is 6.20. The highest BCUT2D eigenvalue weighted by Gasteiger charge is 2.05. The maximum atomic E-state index is 11.4. The second kappa shape index (κ2) is 8.66. The van der Waals surface area contributed by atoms with Gasteiger partial charge in [-0.3, -0.25) is 4.21 Å². The van der Waals surface area contributed by atoms with E-state index >= 15 is 0 Å². The molecule has 0 aliphatic rings. The maximum absolute atomic E-state index is 11.4. The molecule has 0 bridgehead atoms. The van der Waals surface area contributed by atoms with E-state index in [1.165, 1.54) is 0 Å². The molecule has 2 atom stereocenters. The van der Waals surface area contributed by atoms with Crippen molar-refractivity contribution in [1.29, 1.82) is 0 Å². The zero-order valence-corrected chi connectivity index (χ0v) is 9.44. The first kappa shape index (κ1) is 13.1. The lowest BCUT2D eigenvalue weighted by Gasteiger charge is -2.07. The number of rotatable bonds is 8. The number of nitrogens with two attached hydrogens (primary N) is 1. The van der Waals surface area contributed by atoms with Gasteiger partial charge in [-0.2, -0.15) is 0 Å². The van der Waals surface area contributed by atoms with Crippen molar-refractivity contribution in [1.82, 2.24) is 0 Å². The predicted octanol–water partition coefficient (Wildman–Crippen LogP) is 0.757. The molecule has 0 saturated carbocycles. The second-order valence-electron chi connectivity index (χ2n) is 3.26. The average Bonchev–Trinajstić information content (AvgIpc) is 2.12. The lowest BCUT2D eigenvalue weighted by atomic mass is 10.2. The van der Waals surface area contributed by atoms with Gasteiger partial charge in [0.25, 0.3) is 0 Å². The molecule has 2 unspecified atom stereocenters. The fourth-order valence-electron chi connectivity index (χ4n) is 0.867. The highest BCUT2D eigenvalue weighted by atomic mass is 32.2. The van der Waals surface area contributed by atoms with Crippen LogP contribution in [0.2, 0.25) is 0 Å². The van der Waals surface area contributed by atoms with Crippen molar-refractivity contribution in [3.8, 4) is 0 Å². The van der Waals surface area contributed by atoms with Crippen LogP contribution in [0.5, 0.6) is 0 Å². The lowest BCUT2D eigenvalue weighted by Crippen LogP contribution is -2.20. The monoisotopic (exact) mass is 207 g/mol. The minimum Gasteiger partial charge on any atom is -0.381 e. The standard InChI is InChI=1S/C9H21NO2S/c1-3-4-12-5-6-13(11)8-9(2)7-10/h9H,3-8,10H2,1-2H3. The fourth-order valence-corrected chi connectivity index (χ4v) is 2.11. The van der Waals surface area contributed by atoms with Crippen LogP contribution in [-0.2, 0) is 15.5 Å². The normalized spacial score (nSPS) is 15.6. The molecule has 0 saturated heterocycles. The Hall–Kier alpha value is 0.0700. The molecule has 0 aliphatic heterocycles. The van der Waals surface area contributed by atoms with E-state index in [0.717, 1.165) is 13.0 Å². The topological polar surface area (TPSA) is 52.3 Å². The van der Waals surface area contributed by atoms with Gasteiger partial charge in [-0.15, -0.1) is 0 Å². The Morgan fingerprint density at radius 1 is 1.46 bits per heavy atom. The van der Waals surface area contributed by atoms with Crippen molar-refractivity contribution in [2.75, 3.05) is 31.3 Å². The Labute approximate surface area is 83.5 Å². The van der Waals surface area contributed by atoms with E-state index in [9.17, 15) is 4.21 Å². The van der Waals surface area contributed by atoms with E-state index in [1.54, 1.807) is 0 Å². The number of hydrogen-bond donors (Lipinski definition) is 1. The largest absolute Gasteiger partial charge is 0.381 e. The number of ether oxygens (including phenoxy) is 1. The summed E-state index contributed by atoms with van der Waals surface area (Å²) in [5.74, 6) is 1.70. The Morgan fingerprint density at radius 2 is 2.15 bits per heavy atom. The van der Waals surface area contributed by atoms with Gasteiger partial charge in [-0.1, -0.05) is 13.8 Å². The molecular formula is C9H21NO2S. The Kier molecular flexibility index (Phi) is 8.71. The molecule has 3 nitrogen and oxygen atoms in total. The van der Waals surface area contributed by atoms with Crippen molar-refractivity contribution in [2.45, 2.75) is 20.3 Å². The van der Waals surface area contributed by atoms with Crippen LogP contribution in [0, 0.1) is 5.92 Å². The summed E-state index contributed by atoms with van der Waals surface area (Å²) in [5, 5.41) is 0. The van der Waals surface area contributed by atoms with Crippen molar-refractivity contribution in [2.24, 2.45) is 11.7 Å².